The Labute approximate surface area is 106 Å². The van der Waals surface area contributed by atoms with Crippen molar-refractivity contribution in [1.82, 2.24) is 4.98 Å². The number of nitrogens with one attached hydrogen (secondary N) is 1. The maximum absolute atomic E-state index is 12.4. The number of benzene rings is 1. The molecule has 2 N–H and O–H groups in total. The Kier molecular flexibility index (Phi) is 3.04. The summed E-state index contributed by atoms with van der Waals surface area (Å²) in [7, 11) is 0. The molecule has 0 saturated heterocycles. The molecule has 0 amide bonds. The SMILES string of the molecule is OC(c1ccc(Br)c2oc(=S)[nH]c12)C(F)(F)F. The Morgan fingerprint density at radius 1 is 1.41 bits per heavy atom. The molecule has 1 atom stereocenters. The van der Waals surface area contributed by atoms with Crippen LogP contribution >= 0.6 is 28.1 Å². The largest absolute Gasteiger partial charge is 0.428 e. The van der Waals surface area contributed by atoms with E-state index in [1.807, 2.05) is 0 Å². The summed E-state index contributed by atoms with van der Waals surface area (Å²) in [5.41, 5.74) is -0.138. The van der Waals surface area contributed by atoms with Crippen LogP contribution in [0.4, 0.5) is 13.2 Å². The van der Waals surface area contributed by atoms with E-state index in [4.69, 9.17) is 16.6 Å². The van der Waals surface area contributed by atoms with E-state index < -0.39 is 12.3 Å². The molecule has 1 aromatic heterocycles. The topological polar surface area (TPSA) is 49.2 Å². The van der Waals surface area contributed by atoms with Gasteiger partial charge in [0.25, 0.3) is 4.84 Å². The molecule has 0 radical (unpaired) electrons. The van der Waals surface area contributed by atoms with Crippen LogP contribution in [0.25, 0.3) is 11.1 Å². The van der Waals surface area contributed by atoms with E-state index in [0.717, 1.165) is 6.07 Å². The lowest BCUT2D eigenvalue weighted by Crippen LogP contribution is -2.20. The fraction of sp³-hybridized carbons (Fsp3) is 0.222. The lowest BCUT2D eigenvalue weighted by molar-refractivity contribution is -0.206. The van der Waals surface area contributed by atoms with Gasteiger partial charge in [-0.05, 0) is 34.2 Å². The quantitative estimate of drug-likeness (QED) is 0.782. The maximum atomic E-state index is 12.4. The summed E-state index contributed by atoms with van der Waals surface area (Å²) in [4.78, 5) is 2.43. The van der Waals surface area contributed by atoms with Gasteiger partial charge in [-0.25, -0.2) is 0 Å². The van der Waals surface area contributed by atoms with E-state index in [9.17, 15) is 18.3 Å². The van der Waals surface area contributed by atoms with Crippen LogP contribution in [0, 0.1) is 4.84 Å². The zero-order chi connectivity index (χ0) is 12.8. The van der Waals surface area contributed by atoms with E-state index >= 15 is 0 Å². The van der Waals surface area contributed by atoms with E-state index in [2.05, 4.69) is 20.9 Å². The molecule has 0 aliphatic rings. The Hall–Kier alpha value is -0.860. The van der Waals surface area contributed by atoms with Crippen LogP contribution in [0.3, 0.4) is 0 Å². The van der Waals surface area contributed by atoms with Crippen molar-refractivity contribution in [2.75, 3.05) is 0 Å². The average molecular weight is 328 g/mol. The summed E-state index contributed by atoms with van der Waals surface area (Å²) in [5, 5.41) is 9.22. The molecule has 0 fully saturated rings. The Bertz CT molecular complexity index is 619. The van der Waals surface area contributed by atoms with E-state index in [1.54, 1.807) is 0 Å². The average Bonchev–Trinajstić information content (AvgIpc) is 2.59. The van der Waals surface area contributed by atoms with Gasteiger partial charge in [0, 0.05) is 5.56 Å². The molecule has 2 aromatic rings. The molecule has 8 heteroatoms. The summed E-state index contributed by atoms with van der Waals surface area (Å²) < 4.78 is 42.8. The highest BCUT2D eigenvalue weighted by molar-refractivity contribution is 9.10. The van der Waals surface area contributed by atoms with Crippen molar-refractivity contribution in [3.05, 3.63) is 27.0 Å². The van der Waals surface area contributed by atoms with Gasteiger partial charge in [-0.3, -0.25) is 0 Å². The van der Waals surface area contributed by atoms with Crippen LogP contribution in [0.5, 0.6) is 0 Å². The van der Waals surface area contributed by atoms with E-state index in [-0.39, 0.29) is 21.5 Å². The third-order valence-electron chi connectivity index (χ3n) is 2.17. The summed E-state index contributed by atoms with van der Waals surface area (Å²) in [6, 6.07) is 2.52. The molecule has 1 unspecified atom stereocenters. The van der Waals surface area contributed by atoms with Gasteiger partial charge in [-0.2, -0.15) is 13.2 Å². The number of hydrogen-bond acceptors (Lipinski definition) is 3. The number of aliphatic hydroxyl groups excluding tert-OH is 1. The zero-order valence-electron chi connectivity index (χ0n) is 8.01. The highest BCUT2D eigenvalue weighted by Crippen LogP contribution is 2.37. The van der Waals surface area contributed by atoms with Gasteiger partial charge in [-0.15, -0.1) is 0 Å². The van der Waals surface area contributed by atoms with Gasteiger partial charge >= 0.3 is 6.18 Å². The van der Waals surface area contributed by atoms with Gasteiger partial charge in [0.05, 0.1) is 9.99 Å². The molecule has 17 heavy (non-hydrogen) atoms. The standard InChI is InChI=1S/C9H5BrF3NO2S/c10-4-2-1-3(7(15)9(11,12)13)5-6(4)16-8(17)14-5/h1-2,7,15H,(H,14,17). The van der Waals surface area contributed by atoms with Gasteiger partial charge in [0.15, 0.2) is 11.7 Å². The molecule has 1 aromatic carbocycles. The first-order valence-corrected chi connectivity index (χ1v) is 5.57. The van der Waals surface area contributed by atoms with Crippen LogP contribution in [0.2, 0.25) is 0 Å². The molecule has 0 saturated carbocycles. The van der Waals surface area contributed by atoms with E-state index in [1.165, 1.54) is 6.07 Å². The van der Waals surface area contributed by atoms with Crippen LogP contribution in [-0.4, -0.2) is 16.3 Å². The Morgan fingerprint density at radius 2 is 2.06 bits per heavy atom. The highest BCUT2D eigenvalue weighted by atomic mass is 79.9. The molecule has 0 aliphatic carbocycles. The smallest absolute Gasteiger partial charge is 0.418 e. The fourth-order valence-corrected chi connectivity index (χ4v) is 2.02. The monoisotopic (exact) mass is 327 g/mol. The maximum Gasteiger partial charge on any atom is 0.418 e. The molecule has 0 bridgehead atoms. The molecule has 92 valence electrons. The first-order valence-electron chi connectivity index (χ1n) is 4.36. The molecule has 3 nitrogen and oxygen atoms in total. The van der Waals surface area contributed by atoms with Crippen LogP contribution in [0.15, 0.2) is 21.0 Å². The Morgan fingerprint density at radius 3 is 2.65 bits per heavy atom. The summed E-state index contributed by atoms with van der Waals surface area (Å²) >= 11 is 7.83. The minimum Gasteiger partial charge on any atom is -0.428 e. The normalized spacial score (nSPS) is 14.2. The summed E-state index contributed by atoms with van der Waals surface area (Å²) in [6.07, 6.45) is -7.32. The van der Waals surface area contributed by atoms with Crippen molar-refractivity contribution in [2.24, 2.45) is 0 Å². The molecule has 0 aliphatic heterocycles. The number of fused-ring (bicyclic) bond motifs is 1. The van der Waals surface area contributed by atoms with Gasteiger partial charge in [0.1, 0.15) is 0 Å². The van der Waals surface area contributed by atoms with Crippen molar-refractivity contribution >= 4 is 39.2 Å². The molecular weight excluding hydrogens is 323 g/mol. The van der Waals surface area contributed by atoms with Crippen molar-refractivity contribution in [3.8, 4) is 0 Å². The number of halogens is 4. The number of aromatic nitrogens is 1. The first-order chi connectivity index (χ1) is 7.80. The first kappa shape index (κ1) is 12.6. The molecule has 0 spiro atoms. The summed E-state index contributed by atoms with van der Waals surface area (Å²) in [6.45, 7) is 0. The third kappa shape index (κ3) is 2.24. The van der Waals surface area contributed by atoms with Gasteiger partial charge in [-0.1, -0.05) is 6.07 Å². The van der Waals surface area contributed by atoms with Gasteiger partial charge < -0.3 is 14.5 Å². The second-order valence-corrected chi connectivity index (χ2v) is 4.52. The van der Waals surface area contributed by atoms with Crippen LogP contribution in [-0.2, 0) is 0 Å². The number of oxazole rings is 1. The van der Waals surface area contributed by atoms with Crippen molar-refractivity contribution in [1.29, 1.82) is 0 Å². The third-order valence-corrected chi connectivity index (χ3v) is 2.98. The molecule has 1 heterocycles. The number of H-pyrrole nitrogens is 1. The lowest BCUT2D eigenvalue weighted by Gasteiger charge is -2.15. The minimum atomic E-state index is -4.74. The van der Waals surface area contributed by atoms with Gasteiger partial charge in [0.2, 0.25) is 0 Å². The highest BCUT2D eigenvalue weighted by Gasteiger charge is 2.40. The number of aliphatic hydroxyl groups is 1. The number of hydrogen-bond donors (Lipinski definition) is 2. The molecule has 2 rings (SSSR count). The number of alkyl halides is 3. The van der Waals surface area contributed by atoms with Crippen molar-refractivity contribution < 1.29 is 22.7 Å². The second kappa shape index (κ2) is 4.11. The number of aromatic amines is 1. The lowest BCUT2D eigenvalue weighted by atomic mass is 10.1. The second-order valence-electron chi connectivity index (χ2n) is 3.30. The molecular formula is C9H5BrF3NO2S. The minimum absolute atomic E-state index is 0.0363. The predicted molar refractivity (Wildman–Crippen MR) is 60.1 cm³/mol. The number of rotatable bonds is 1. The van der Waals surface area contributed by atoms with Crippen molar-refractivity contribution in [3.63, 3.8) is 0 Å². The zero-order valence-corrected chi connectivity index (χ0v) is 10.4. The van der Waals surface area contributed by atoms with Crippen molar-refractivity contribution in [2.45, 2.75) is 12.3 Å². The summed E-state index contributed by atoms with van der Waals surface area (Å²) in [5.74, 6) is 0. The fourth-order valence-electron chi connectivity index (χ4n) is 1.43. The van der Waals surface area contributed by atoms with Crippen LogP contribution < -0.4 is 0 Å². The van der Waals surface area contributed by atoms with Crippen LogP contribution in [0.1, 0.15) is 11.7 Å². The predicted octanol–water partition coefficient (Wildman–Crippen LogP) is 3.85. The van der Waals surface area contributed by atoms with E-state index in [0.29, 0.717) is 4.47 Å². The Balaban J connectivity index is 2.71.